The maximum absolute atomic E-state index is 10.5. The smallest absolute Gasteiger partial charge is 0.129 e. The molecule has 0 aliphatic carbocycles. The van der Waals surface area contributed by atoms with Crippen molar-refractivity contribution < 1.29 is 15.0 Å². The molecule has 0 spiro atoms. The van der Waals surface area contributed by atoms with Gasteiger partial charge in [0, 0.05) is 20.1 Å². The summed E-state index contributed by atoms with van der Waals surface area (Å²) < 4.78 is 0. The Hall–Kier alpha value is -0.410. The molecule has 0 unspecified atom stereocenters. The second kappa shape index (κ2) is 14.1. The highest BCUT2D eigenvalue weighted by molar-refractivity contribution is 5.75. The van der Waals surface area contributed by atoms with Crippen molar-refractivity contribution >= 4 is 5.78 Å². The molecule has 0 aromatic heterocycles. The van der Waals surface area contributed by atoms with Crippen LogP contribution >= 0.6 is 0 Å². The molecule has 2 N–H and O–H groups in total. The number of aliphatic hydroxyl groups is 2. The predicted molar refractivity (Wildman–Crippen MR) is 53.6 cm³/mol. The molecule has 0 aromatic rings. The zero-order chi connectivity index (χ0) is 10.5. The van der Waals surface area contributed by atoms with Crippen molar-refractivity contribution in [2.45, 2.75) is 45.4 Å². The molecular weight excluding hydrogens is 168 g/mol. The predicted octanol–water partition coefficient (Wildman–Crippen LogP) is 1.52. The normalized spacial score (nSPS) is 8.92. The molecule has 0 heterocycles. The van der Waals surface area contributed by atoms with E-state index < -0.39 is 0 Å². The maximum atomic E-state index is 10.5. The summed E-state index contributed by atoms with van der Waals surface area (Å²) in [6, 6.07) is 0. The van der Waals surface area contributed by atoms with E-state index in [-0.39, 0.29) is 5.78 Å². The van der Waals surface area contributed by atoms with Crippen molar-refractivity contribution in [1.29, 1.82) is 0 Å². The number of carbonyl (C=O) groups is 1. The van der Waals surface area contributed by atoms with Crippen LogP contribution in [-0.2, 0) is 4.79 Å². The minimum Gasteiger partial charge on any atom is -0.400 e. The standard InChI is InChI=1S/C9H18O2.CH4O/c1-9(11)7-5-3-2-4-6-8-10;1-2/h10H,2-8H2,1H3;2H,1H3. The Bertz CT molecular complexity index is 102. The quantitative estimate of drug-likeness (QED) is 0.598. The van der Waals surface area contributed by atoms with Crippen molar-refractivity contribution in [1.82, 2.24) is 0 Å². The van der Waals surface area contributed by atoms with E-state index in [1.807, 2.05) is 0 Å². The highest BCUT2D eigenvalue weighted by Crippen LogP contribution is 2.04. The number of rotatable bonds is 7. The molecule has 0 saturated carbocycles. The minimum atomic E-state index is 0.284. The number of hydrogen-bond donors (Lipinski definition) is 2. The van der Waals surface area contributed by atoms with Crippen molar-refractivity contribution in [3.05, 3.63) is 0 Å². The summed E-state index contributed by atoms with van der Waals surface area (Å²) in [6.45, 7) is 1.93. The molecule has 0 fully saturated rings. The lowest BCUT2D eigenvalue weighted by Gasteiger charge is -1.97. The first-order valence-electron chi connectivity index (χ1n) is 4.82. The monoisotopic (exact) mass is 190 g/mol. The summed E-state index contributed by atoms with van der Waals surface area (Å²) >= 11 is 0. The van der Waals surface area contributed by atoms with Gasteiger partial charge in [0.05, 0.1) is 0 Å². The Labute approximate surface area is 80.8 Å². The number of unbranched alkanes of at least 4 members (excludes halogenated alkanes) is 4. The van der Waals surface area contributed by atoms with Crippen molar-refractivity contribution in [3.8, 4) is 0 Å². The highest BCUT2D eigenvalue weighted by Gasteiger charge is 1.93. The number of carbonyl (C=O) groups excluding carboxylic acids is 1. The lowest BCUT2D eigenvalue weighted by atomic mass is 10.1. The third kappa shape index (κ3) is 18.5. The van der Waals surface area contributed by atoms with E-state index in [0.717, 1.165) is 45.6 Å². The molecular formula is C10H22O3. The van der Waals surface area contributed by atoms with Crippen LogP contribution in [0.3, 0.4) is 0 Å². The first-order chi connectivity index (χ1) is 6.27. The molecule has 13 heavy (non-hydrogen) atoms. The molecule has 3 heteroatoms. The van der Waals surface area contributed by atoms with E-state index in [1.54, 1.807) is 6.92 Å². The van der Waals surface area contributed by atoms with Gasteiger partial charge in [0.2, 0.25) is 0 Å². The van der Waals surface area contributed by atoms with Gasteiger partial charge in [-0.15, -0.1) is 0 Å². The van der Waals surface area contributed by atoms with Gasteiger partial charge in [-0.2, -0.15) is 0 Å². The first kappa shape index (κ1) is 15.1. The highest BCUT2D eigenvalue weighted by atomic mass is 16.3. The van der Waals surface area contributed by atoms with Crippen LogP contribution in [0.4, 0.5) is 0 Å². The van der Waals surface area contributed by atoms with Gasteiger partial charge >= 0.3 is 0 Å². The fourth-order valence-corrected chi connectivity index (χ4v) is 1.02. The molecule has 0 amide bonds. The second-order valence-electron chi connectivity index (χ2n) is 2.94. The fourth-order valence-electron chi connectivity index (χ4n) is 1.02. The van der Waals surface area contributed by atoms with Gasteiger partial charge in [0.15, 0.2) is 0 Å². The van der Waals surface area contributed by atoms with Crippen LogP contribution in [0.5, 0.6) is 0 Å². The maximum Gasteiger partial charge on any atom is 0.129 e. The zero-order valence-corrected chi connectivity index (χ0v) is 8.75. The fraction of sp³-hybridized carbons (Fsp3) is 0.900. The molecule has 0 rings (SSSR count). The van der Waals surface area contributed by atoms with Crippen molar-refractivity contribution in [3.63, 3.8) is 0 Å². The van der Waals surface area contributed by atoms with Crippen LogP contribution in [0.25, 0.3) is 0 Å². The average Bonchev–Trinajstić information content (AvgIpc) is 2.14. The number of Topliss-reactive ketones (excluding diaryl/α,β-unsaturated/α-hetero) is 1. The lowest BCUT2D eigenvalue weighted by Crippen LogP contribution is -1.89. The summed E-state index contributed by atoms with van der Waals surface area (Å²) in [4.78, 5) is 10.5. The van der Waals surface area contributed by atoms with E-state index in [2.05, 4.69) is 0 Å². The van der Waals surface area contributed by atoms with Crippen LogP contribution in [-0.4, -0.2) is 29.7 Å². The van der Waals surface area contributed by atoms with Gasteiger partial charge in [-0.05, 0) is 19.8 Å². The van der Waals surface area contributed by atoms with Crippen LogP contribution < -0.4 is 0 Å². The van der Waals surface area contributed by atoms with Gasteiger partial charge in [0.1, 0.15) is 5.78 Å². The van der Waals surface area contributed by atoms with E-state index >= 15 is 0 Å². The Balaban J connectivity index is 0. The van der Waals surface area contributed by atoms with Crippen molar-refractivity contribution in [2.24, 2.45) is 0 Å². The SMILES string of the molecule is CC(=O)CCCCCCCO.CO. The van der Waals surface area contributed by atoms with Crippen LogP contribution in [0.2, 0.25) is 0 Å². The molecule has 0 aliphatic heterocycles. The molecule has 0 atom stereocenters. The molecule has 0 bridgehead atoms. The molecule has 3 nitrogen and oxygen atoms in total. The number of aliphatic hydroxyl groups excluding tert-OH is 2. The summed E-state index contributed by atoms with van der Waals surface area (Å²) in [7, 11) is 1.00. The molecule has 0 radical (unpaired) electrons. The zero-order valence-electron chi connectivity index (χ0n) is 8.75. The third-order valence-corrected chi connectivity index (χ3v) is 1.69. The van der Waals surface area contributed by atoms with Crippen molar-refractivity contribution in [2.75, 3.05) is 13.7 Å². The number of hydrogen-bond acceptors (Lipinski definition) is 3. The minimum absolute atomic E-state index is 0.284. The van der Waals surface area contributed by atoms with Gasteiger partial charge in [-0.3, -0.25) is 0 Å². The Kier molecular flexibility index (Phi) is 16.4. The lowest BCUT2D eigenvalue weighted by molar-refractivity contribution is -0.117. The van der Waals surface area contributed by atoms with Gasteiger partial charge in [-0.25, -0.2) is 0 Å². The van der Waals surface area contributed by atoms with Gasteiger partial charge in [0.25, 0.3) is 0 Å². The topological polar surface area (TPSA) is 57.5 Å². The molecule has 0 aromatic carbocycles. The van der Waals surface area contributed by atoms with E-state index in [0.29, 0.717) is 6.61 Å². The summed E-state index contributed by atoms with van der Waals surface area (Å²) in [5.41, 5.74) is 0. The van der Waals surface area contributed by atoms with E-state index in [1.165, 1.54) is 0 Å². The summed E-state index contributed by atoms with van der Waals surface area (Å²) in [5.74, 6) is 0.284. The second-order valence-corrected chi connectivity index (χ2v) is 2.94. The third-order valence-electron chi connectivity index (χ3n) is 1.69. The van der Waals surface area contributed by atoms with E-state index in [4.69, 9.17) is 10.2 Å². The molecule has 80 valence electrons. The Morgan fingerprint density at radius 2 is 1.46 bits per heavy atom. The Morgan fingerprint density at radius 3 is 1.92 bits per heavy atom. The van der Waals surface area contributed by atoms with Crippen LogP contribution in [0, 0.1) is 0 Å². The molecule has 0 aliphatic rings. The average molecular weight is 190 g/mol. The van der Waals surface area contributed by atoms with Crippen LogP contribution in [0.1, 0.15) is 45.4 Å². The van der Waals surface area contributed by atoms with Gasteiger partial charge < -0.3 is 15.0 Å². The van der Waals surface area contributed by atoms with E-state index in [9.17, 15) is 4.79 Å². The van der Waals surface area contributed by atoms with Crippen LogP contribution in [0.15, 0.2) is 0 Å². The summed E-state index contributed by atoms with van der Waals surface area (Å²) in [5, 5.41) is 15.5. The Morgan fingerprint density at radius 1 is 1.00 bits per heavy atom. The number of ketones is 1. The first-order valence-corrected chi connectivity index (χ1v) is 4.82. The molecule has 0 saturated heterocycles. The largest absolute Gasteiger partial charge is 0.400 e. The van der Waals surface area contributed by atoms with Gasteiger partial charge in [-0.1, -0.05) is 19.3 Å². The summed E-state index contributed by atoms with van der Waals surface area (Å²) in [6.07, 6.45) is 6.00.